The number of carbonyl (C=O) groups is 1. The number of rotatable bonds is 1. The van der Waals surface area contributed by atoms with Gasteiger partial charge in [0.25, 0.3) is 0 Å². The van der Waals surface area contributed by atoms with Crippen LogP contribution in [-0.2, 0) is 0 Å². The zero-order valence-corrected chi connectivity index (χ0v) is 15.0. The van der Waals surface area contributed by atoms with E-state index in [0.717, 1.165) is 12.1 Å². The number of thioether (sulfide) groups is 1. The van der Waals surface area contributed by atoms with Crippen LogP contribution in [0.25, 0.3) is 0 Å². The molecule has 3 aliphatic heterocycles. The van der Waals surface area contributed by atoms with E-state index in [2.05, 4.69) is 21.0 Å². The number of carbonyl (C=O) groups excluding carboxylic acids is 1. The summed E-state index contributed by atoms with van der Waals surface area (Å²) in [6.07, 6.45) is -5.90. The highest BCUT2D eigenvalue weighted by Crippen LogP contribution is 2.48. The maximum absolute atomic E-state index is 13.4. The zero-order valence-electron chi connectivity index (χ0n) is 14.2. The fraction of sp³-hybridized carbons (Fsp3) is 0.294. The van der Waals surface area contributed by atoms with Crippen LogP contribution in [0.3, 0.4) is 0 Å². The van der Waals surface area contributed by atoms with E-state index in [-0.39, 0.29) is 6.54 Å². The van der Waals surface area contributed by atoms with Crippen LogP contribution in [0.2, 0.25) is 0 Å². The van der Waals surface area contributed by atoms with Crippen molar-refractivity contribution in [2.45, 2.75) is 12.2 Å². The second-order valence-corrected chi connectivity index (χ2v) is 7.30. The molecular formula is C17H13F4N3O3S. The van der Waals surface area contributed by atoms with Gasteiger partial charge < -0.3 is 19.3 Å². The summed E-state index contributed by atoms with van der Waals surface area (Å²) in [6.45, 7) is 5.01. The molecule has 0 N–H and O–H groups in total. The van der Waals surface area contributed by atoms with Crippen molar-refractivity contribution in [1.29, 1.82) is 0 Å². The largest absolute Gasteiger partial charge is 0.507 e. The van der Waals surface area contributed by atoms with Gasteiger partial charge in [0.05, 0.1) is 6.54 Å². The maximum Gasteiger partial charge on any atom is 0.507 e. The Morgan fingerprint density at radius 2 is 1.75 bits per heavy atom. The Hall–Kier alpha value is -2.69. The van der Waals surface area contributed by atoms with E-state index < -0.39 is 29.7 Å². The van der Waals surface area contributed by atoms with Gasteiger partial charge in [0, 0.05) is 29.7 Å². The molecule has 2 amide bonds. The number of hydrogen-bond acceptors (Lipinski definition) is 4. The fourth-order valence-corrected chi connectivity index (χ4v) is 3.61. The highest BCUT2D eigenvalue weighted by molar-refractivity contribution is 8.18. The van der Waals surface area contributed by atoms with Gasteiger partial charge in [0.2, 0.25) is 0 Å². The van der Waals surface area contributed by atoms with E-state index in [9.17, 15) is 22.4 Å². The molecule has 0 atom stereocenters. The molecule has 0 radical (unpaired) electrons. The Bertz CT molecular complexity index is 911. The summed E-state index contributed by atoms with van der Waals surface area (Å²) in [5.74, 6) is -1.05. The van der Waals surface area contributed by atoms with Crippen LogP contribution >= 0.6 is 11.8 Å². The molecule has 4 rings (SSSR count). The van der Waals surface area contributed by atoms with E-state index in [1.165, 1.54) is 22.7 Å². The number of ether oxygens (including phenoxy) is 2. The lowest BCUT2D eigenvalue weighted by atomic mass is 10.2. The van der Waals surface area contributed by atoms with Crippen molar-refractivity contribution < 1.29 is 31.8 Å². The molecule has 0 saturated carbocycles. The van der Waals surface area contributed by atoms with E-state index in [1.807, 2.05) is 12.2 Å². The van der Waals surface area contributed by atoms with E-state index in [1.54, 1.807) is 4.90 Å². The lowest BCUT2D eigenvalue weighted by molar-refractivity contribution is -0.391. The van der Waals surface area contributed by atoms with Crippen molar-refractivity contribution in [3.05, 3.63) is 41.8 Å². The molecule has 0 aliphatic carbocycles. The summed E-state index contributed by atoms with van der Waals surface area (Å²) in [5.41, 5.74) is 0.320. The van der Waals surface area contributed by atoms with Gasteiger partial charge in [-0.15, -0.1) is 0 Å². The quantitative estimate of drug-likeness (QED) is 0.512. The Kier molecular flexibility index (Phi) is 4.29. The minimum Gasteiger partial charge on any atom is -0.421 e. The van der Waals surface area contributed by atoms with Crippen LogP contribution in [0.4, 0.5) is 28.0 Å². The number of hydrogen-bond donors (Lipinski definition) is 0. The second-order valence-electron chi connectivity index (χ2n) is 6.15. The van der Waals surface area contributed by atoms with Crippen LogP contribution < -0.4 is 14.4 Å². The molecule has 6 nitrogen and oxygen atoms in total. The zero-order chi connectivity index (χ0) is 20.1. The second kappa shape index (κ2) is 6.43. The van der Waals surface area contributed by atoms with E-state index >= 15 is 0 Å². The van der Waals surface area contributed by atoms with Crippen LogP contribution in [0.1, 0.15) is 0 Å². The van der Waals surface area contributed by atoms with Crippen molar-refractivity contribution in [1.82, 2.24) is 4.90 Å². The minimum absolute atomic E-state index is 0.265. The van der Waals surface area contributed by atoms with E-state index in [4.69, 9.17) is 0 Å². The first-order valence-corrected chi connectivity index (χ1v) is 8.91. The van der Waals surface area contributed by atoms with E-state index in [0.29, 0.717) is 28.8 Å². The number of amides is 2. The van der Waals surface area contributed by atoms with Crippen molar-refractivity contribution >= 4 is 28.6 Å². The predicted molar refractivity (Wildman–Crippen MR) is 95.2 cm³/mol. The van der Waals surface area contributed by atoms with Gasteiger partial charge in [0.1, 0.15) is 0 Å². The number of halogens is 4. The Morgan fingerprint density at radius 3 is 2.43 bits per heavy atom. The molecule has 1 aromatic rings. The lowest BCUT2D eigenvalue weighted by Gasteiger charge is -2.32. The highest BCUT2D eigenvalue weighted by atomic mass is 32.2. The molecule has 3 heterocycles. The van der Waals surface area contributed by atoms with Crippen LogP contribution in [0.15, 0.2) is 46.8 Å². The topological polar surface area (TPSA) is 54.4 Å². The third kappa shape index (κ3) is 3.19. The van der Waals surface area contributed by atoms with Crippen molar-refractivity contribution in [3.8, 4) is 11.5 Å². The first-order chi connectivity index (χ1) is 13.2. The SMILES string of the molecule is C=C1CN(c2ccc3c(c2)OC(F)(F)C(F)(F)O3)C(=NC(=O)N2CC=CC2)S1. The number of aliphatic imine (C=N–C) groups is 1. The third-order valence-electron chi connectivity index (χ3n) is 4.14. The third-order valence-corrected chi connectivity index (χ3v) is 5.05. The highest BCUT2D eigenvalue weighted by Gasteiger charge is 2.66. The Labute approximate surface area is 161 Å². The molecule has 0 bridgehead atoms. The normalized spacial score (nSPS) is 23.6. The van der Waals surface area contributed by atoms with Gasteiger partial charge in [0.15, 0.2) is 16.7 Å². The summed E-state index contributed by atoms with van der Waals surface area (Å²) < 4.78 is 61.7. The molecule has 28 heavy (non-hydrogen) atoms. The molecule has 0 aromatic heterocycles. The summed E-state index contributed by atoms with van der Waals surface area (Å²) in [6, 6.07) is 3.17. The number of nitrogens with zero attached hydrogens (tertiary/aromatic N) is 3. The number of amidine groups is 1. The summed E-state index contributed by atoms with van der Waals surface area (Å²) in [5, 5.41) is 0.302. The molecule has 0 unspecified atom stereocenters. The number of fused-ring (bicyclic) bond motifs is 1. The Morgan fingerprint density at radius 1 is 1.11 bits per heavy atom. The smallest absolute Gasteiger partial charge is 0.421 e. The van der Waals surface area contributed by atoms with Gasteiger partial charge in [-0.2, -0.15) is 22.6 Å². The van der Waals surface area contributed by atoms with Gasteiger partial charge in [-0.3, -0.25) is 0 Å². The average molecular weight is 415 g/mol. The number of benzene rings is 1. The molecule has 1 aromatic carbocycles. The molecular weight excluding hydrogens is 402 g/mol. The lowest BCUT2D eigenvalue weighted by Crippen LogP contribution is -2.52. The average Bonchev–Trinajstić information content (AvgIpc) is 3.25. The number of urea groups is 1. The number of alkyl halides is 4. The Balaban J connectivity index is 1.63. The standard InChI is InChI=1S/C17H13F4N3O3S/c1-10-9-24(15(28-10)22-14(25)23-6-2-3-7-23)11-4-5-12-13(8-11)27-17(20,21)16(18,19)26-12/h2-5,8H,1,6-7,9H2. The summed E-state index contributed by atoms with van der Waals surface area (Å²) >= 11 is 1.17. The number of anilines is 1. The molecule has 1 saturated heterocycles. The van der Waals surface area contributed by atoms with Gasteiger partial charge in [-0.1, -0.05) is 30.5 Å². The van der Waals surface area contributed by atoms with Gasteiger partial charge >= 0.3 is 18.2 Å². The van der Waals surface area contributed by atoms with Gasteiger partial charge in [-0.25, -0.2) is 4.79 Å². The molecule has 148 valence electrons. The van der Waals surface area contributed by atoms with Crippen molar-refractivity contribution in [2.75, 3.05) is 24.5 Å². The molecule has 0 spiro atoms. The fourth-order valence-electron chi connectivity index (χ4n) is 2.76. The van der Waals surface area contributed by atoms with Crippen molar-refractivity contribution in [2.24, 2.45) is 4.99 Å². The molecule has 1 fully saturated rings. The first-order valence-electron chi connectivity index (χ1n) is 8.10. The molecule has 11 heteroatoms. The summed E-state index contributed by atoms with van der Waals surface area (Å²) in [7, 11) is 0. The van der Waals surface area contributed by atoms with Crippen molar-refractivity contribution in [3.63, 3.8) is 0 Å². The maximum atomic E-state index is 13.4. The summed E-state index contributed by atoms with van der Waals surface area (Å²) in [4.78, 5) is 20.1. The molecule has 3 aliphatic rings. The van der Waals surface area contributed by atoms with Crippen LogP contribution in [-0.4, -0.2) is 48.0 Å². The van der Waals surface area contributed by atoms with Crippen LogP contribution in [0.5, 0.6) is 11.5 Å². The predicted octanol–water partition coefficient (Wildman–Crippen LogP) is 4.06. The van der Waals surface area contributed by atoms with Crippen LogP contribution in [0, 0.1) is 0 Å². The minimum atomic E-state index is -4.81. The monoisotopic (exact) mass is 415 g/mol. The van der Waals surface area contributed by atoms with Gasteiger partial charge in [-0.05, 0) is 12.1 Å². The first kappa shape index (κ1) is 18.7.